The summed E-state index contributed by atoms with van der Waals surface area (Å²) in [6.07, 6.45) is 5.26. The first-order chi connectivity index (χ1) is 18.0. The first-order valence-electron chi connectivity index (χ1n) is 13.0. The van der Waals surface area contributed by atoms with Gasteiger partial charge in [0.15, 0.2) is 0 Å². The molecular formula is C28H36N6O3. The first kappa shape index (κ1) is 26.3. The average molecular weight is 505 g/mol. The van der Waals surface area contributed by atoms with Crippen LogP contribution in [0.1, 0.15) is 54.9 Å². The summed E-state index contributed by atoms with van der Waals surface area (Å²) in [4.78, 5) is 29.8. The molecule has 9 heteroatoms. The van der Waals surface area contributed by atoms with Crippen LogP contribution in [0.2, 0.25) is 0 Å². The lowest BCUT2D eigenvalue weighted by molar-refractivity contribution is -0.127. The second kappa shape index (κ2) is 12.5. The second-order valence-corrected chi connectivity index (χ2v) is 9.51. The van der Waals surface area contributed by atoms with E-state index in [1.165, 1.54) is 0 Å². The lowest BCUT2D eigenvalue weighted by atomic mass is 10.00. The molecule has 37 heavy (non-hydrogen) atoms. The van der Waals surface area contributed by atoms with E-state index in [0.717, 1.165) is 54.7 Å². The second-order valence-electron chi connectivity index (χ2n) is 9.51. The topological polar surface area (TPSA) is 124 Å². The van der Waals surface area contributed by atoms with Crippen molar-refractivity contribution < 1.29 is 14.7 Å². The van der Waals surface area contributed by atoms with Gasteiger partial charge in [-0.15, -0.1) is 5.11 Å². The molecule has 2 aliphatic rings. The zero-order chi connectivity index (χ0) is 26.2. The minimum atomic E-state index is -0.488. The van der Waals surface area contributed by atoms with Crippen molar-refractivity contribution in [3.8, 4) is 11.1 Å². The number of hydrogen-bond acceptors (Lipinski definition) is 6. The van der Waals surface area contributed by atoms with Crippen molar-refractivity contribution in [2.75, 3.05) is 38.1 Å². The smallest absolute Gasteiger partial charge is 0.253 e. The minimum Gasteiger partial charge on any atom is -0.396 e. The van der Waals surface area contributed by atoms with Crippen LogP contribution in [0.4, 0.5) is 5.69 Å². The number of nitrogens with two attached hydrogens (primary N) is 1. The van der Waals surface area contributed by atoms with Gasteiger partial charge in [0.25, 0.3) is 5.91 Å². The Bertz CT molecular complexity index is 1160. The van der Waals surface area contributed by atoms with Crippen molar-refractivity contribution in [1.29, 1.82) is 0 Å². The monoisotopic (exact) mass is 504 g/mol. The Balaban J connectivity index is 1.60. The van der Waals surface area contributed by atoms with E-state index in [1.54, 1.807) is 4.90 Å². The van der Waals surface area contributed by atoms with E-state index >= 15 is 0 Å². The molecule has 2 aromatic carbocycles. The molecule has 9 nitrogen and oxygen atoms in total. The molecule has 2 aromatic rings. The Morgan fingerprint density at radius 2 is 1.84 bits per heavy atom. The van der Waals surface area contributed by atoms with Gasteiger partial charge in [-0.1, -0.05) is 36.4 Å². The van der Waals surface area contributed by atoms with Crippen LogP contribution in [0.25, 0.3) is 17.2 Å². The van der Waals surface area contributed by atoms with E-state index in [4.69, 9.17) is 5.84 Å². The van der Waals surface area contributed by atoms with E-state index in [2.05, 4.69) is 15.7 Å². The number of benzene rings is 2. The molecule has 1 fully saturated rings. The van der Waals surface area contributed by atoms with Crippen LogP contribution in [0, 0.1) is 0 Å². The van der Waals surface area contributed by atoms with Crippen molar-refractivity contribution in [3.63, 3.8) is 0 Å². The van der Waals surface area contributed by atoms with Crippen LogP contribution >= 0.6 is 0 Å². The first-order valence-corrected chi connectivity index (χ1v) is 13.0. The van der Waals surface area contributed by atoms with Gasteiger partial charge < -0.3 is 26.1 Å². The van der Waals surface area contributed by atoms with Crippen molar-refractivity contribution in [3.05, 3.63) is 59.2 Å². The van der Waals surface area contributed by atoms with Crippen molar-refractivity contribution in [1.82, 2.24) is 9.80 Å². The molecule has 2 aliphatic heterocycles. The number of nitrogens with zero attached hydrogens (tertiary/aromatic N) is 4. The zero-order valence-electron chi connectivity index (χ0n) is 21.4. The molecule has 4 N–H and O–H groups in total. The van der Waals surface area contributed by atoms with E-state index in [9.17, 15) is 14.7 Å². The Hall–Kier alpha value is -3.72. The maximum Gasteiger partial charge on any atom is 0.253 e. The highest BCUT2D eigenvalue weighted by molar-refractivity contribution is 5.99. The molecule has 0 aromatic heterocycles. The van der Waals surface area contributed by atoms with Crippen LogP contribution in [0.15, 0.2) is 58.4 Å². The number of aliphatic hydroxyl groups excluding tert-OH is 1. The summed E-state index contributed by atoms with van der Waals surface area (Å²) in [6.45, 7) is 4.84. The van der Waals surface area contributed by atoms with Gasteiger partial charge in [0.1, 0.15) is 6.17 Å². The normalized spacial score (nSPS) is 17.2. The maximum absolute atomic E-state index is 13.4. The van der Waals surface area contributed by atoms with Gasteiger partial charge in [0.2, 0.25) is 5.91 Å². The predicted octanol–water partition coefficient (Wildman–Crippen LogP) is 4.06. The maximum atomic E-state index is 13.4. The number of rotatable bonds is 9. The average Bonchev–Trinajstić information content (AvgIpc) is 3.39. The Morgan fingerprint density at radius 3 is 2.51 bits per heavy atom. The summed E-state index contributed by atoms with van der Waals surface area (Å²) in [5.41, 5.74) is 4.99. The number of fused-ring (bicyclic) bond motifs is 1. The zero-order valence-corrected chi connectivity index (χ0v) is 21.4. The standard InChI is InChI=1S/C28H36N6O3/c1-2-12-33(15-5-16-35)28(37)24-17-23-11-10-22(18-25(23)30-26(19-24)31-32-29)20-6-8-21(9-7-20)27(36)34-13-3-4-14-34/h6-11,17-18,26,30,35H,2-5,12-16,19H2,1H3,(H2,29,31). The summed E-state index contributed by atoms with van der Waals surface area (Å²) >= 11 is 0. The van der Waals surface area contributed by atoms with E-state index in [1.807, 2.05) is 60.4 Å². The molecule has 0 radical (unpaired) electrons. The van der Waals surface area contributed by atoms with Crippen LogP contribution in [-0.2, 0) is 4.79 Å². The molecule has 0 aliphatic carbocycles. The predicted molar refractivity (Wildman–Crippen MR) is 145 cm³/mol. The molecule has 1 unspecified atom stereocenters. The van der Waals surface area contributed by atoms with Crippen molar-refractivity contribution in [2.45, 2.75) is 45.2 Å². The molecule has 2 heterocycles. The van der Waals surface area contributed by atoms with E-state index in [-0.39, 0.29) is 18.4 Å². The third kappa shape index (κ3) is 6.35. The molecule has 2 amide bonds. The largest absolute Gasteiger partial charge is 0.396 e. The van der Waals surface area contributed by atoms with Crippen LogP contribution < -0.4 is 11.2 Å². The van der Waals surface area contributed by atoms with Gasteiger partial charge in [-0.3, -0.25) is 9.59 Å². The molecule has 0 spiro atoms. The number of anilines is 1. The van der Waals surface area contributed by atoms with Crippen molar-refractivity contribution >= 4 is 23.6 Å². The summed E-state index contributed by atoms with van der Waals surface area (Å²) < 4.78 is 0. The van der Waals surface area contributed by atoms with Gasteiger partial charge >= 0.3 is 0 Å². The minimum absolute atomic E-state index is 0.0388. The lowest BCUT2D eigenvalue weighted by Crippen LogP contribution is -2.35. The van der Waals surface area contributed by atoms with E-state index < -0.39 is 6.17 Å². The van der Waals surface area contributed by atoms with Gasteiger partial charge in [-0.25, -0.2) is 0 Å². The quantitative estimate of drug-likeness (QED) is 0.270. The molecule has 0 bridgehead atoms. The Kier molecular flexibility index (Phi) is 8.90. The SMILES string of the molecule is CCCN(CCCO)C(=O)C1=Cc2ccc(-c3ccc(C(=O)N4CCCC4)cc3)cc2NC(N=NN)C1. The molecule has 1 atom stereocenters. The summed E-state index contributed by atoms with van der Waals surface area (Å²) in [5.74, 6) is 5.39. The fourth-order valence-corrected chi connectivity index (χ4v) is 4.93. The highest BCUT2D eigenvalue weighted by Gasteiger charge is 2.25. The highest BCUT2D eigenvalue weighted by Crippen LogP contribution is 2.32. The number of likely N-dealkylation sites (tertiary alicyclic amines) is 1. The van der Waals surface area contributed by atoms with Crippen LogP contribution in [-0.4, -0.2) is 65.7 Å². The Labute approximate surface area is 218 Å². The third-order valence-corrected chi connectivity index (χ3v) is 6.82. The number of carbonyl (C=O) groups excluding carboxylic acids is 2. The highest BCUT2D eigenvalue weighted by atomic mass is 16.3. The molecular weight excluding hydrogens is 468 g/mol. The fraction of sp³-hybridized carbons (Fsp3) is 0.429. The lowest BCUT2D eigenvalue weighted by Gasteiger charge is -2.23. The van der Waals surface area contributed by atoms with Gasteiger partial charge in [-0.05, 0) is 66.6 Å². The molecule has 0 saturated carbocycles. The van der Waals surface area contributed by atoms with Gasteiger partial charge in [0, 0.05) is 56.0 Å². The third-order valence-electron chi connectivity index (χ3n) is 6.82. The van der Waals surface area contributed by atoms with E-state index in [0.29, 0.717) is 37.1 Å². The van der Waals surface area contributed by atoms with Crippen LogP contribution in [0.3, 0.4) is 0 Å². The van der Waals surface area contributed by atoms with Crippen molar-refractivity contribution in [2.24, 2.45) is 16.2 Å². The van der Waals surface area contributed by atoms with Crippen LogP contribution in [0.5, 0.6) is 0 Å². The summed E-state index contributed by atoms with van der Waals surface area (Å²) in [7, 11) is 0. The fourth-order valence-electron chi connectivity index (χ4n) is 4.93. The number of amides is 2. The Morgan fingerprint density at radius 1 is 1.11 bits per heavy atom. The number of nitrogens with one attached hydrogen (secondary N) is 1. The van der Waals surface area contributed by atoms with Gasteiger partial charge in [0.05, 0.1) is 0 Å². The molecule has 4 rings (SSSR count). The number of aliphatic hydroxyl groups is 1. The molecule has 196 valence electrons. The summed E-state index contributed by atoms with van der Waals surface area (Å²) in [5, 5.41) is 20.2. The summed E-state index contributed by atoms with van der Waals surface area (Å²) in [6, 6.07) is 13.7. The number of carbonyl (C=O) groups is 2. The van der Waals surface area contributed by atoms with Gasteiger partial charge in [-0.2, -0.15) is 0 Å². The molecule has 1 saturated heterocycles. The number of hydrogen-bond donors (Lipinski definition) is 3.